The number of hydrogen-bond donors (Lipinski definition) is 0. The number of nitrogens with zero attached hydrogens (tertiary/aromatic N) is 2. The predicted molar refractivity (Wildman–Crippen MR) is 116 cm³/mol. The van der Waals surface area contributed by atoms with Crippen LogP contribution in [0.15, 0.2) is 34.9 Å². The van der Waals surface area contributed by atoms with Crippen molar-refractivity contribution in [3.05, 3.63) is 47.3 Å². The van der Waals surface area contributed by atoms with E-state index < -0.39 is 5.41 Å². The molecule has 0 aliphatic carbocycles. The number of benzene rings is 1. The maximum absolute atomic E-state index is 13.0. The third-order valence-electron chi connectivity index (χ3n) is 6.00. The van der Waals surface area contributed by atoms with E-state index in [0.29, 0.717) is 52.0 Å². The average Bonchev–Trinajstić information content (AvgIpc) is 3.10. The lowest BCUT2D eigenvalue weighted by molar-refractivity contribution is -0.162. The van der Waals surface area contributed by atoms with E-state index >= 15 is 0 Å². The highest BCUT2D eigenvalue weighted by Crippen LogP contribution is 2.36. The van der Waals surface area contributed by atoms with Gasteiger partial charge in [-0.05, 0) is 58.6 Å². The number of ether oxygens (including phenoxy) is 2. The van der Waals surface area contributed by atoms with E-state index in [1.807, 2.05) is 44.2 Å². The molecule has 0 saturated carbocycles. The summed E-state index contributed by atoms with van der Waals surface area (Å²) in [7, 11) is 0. The van der Waals surface area contributed by atoms with Gasteiger partial charge in [-0.2, -0.15) is 0 Å². The number of aromatic nitrogens is 1. The number of carbonyl (C=O) groups excluding carboxylic acids is 2. The molecule has 2 aromatic rings. The first kappa shape index (κ1) is 22.8. The molecule has 0 radical (unpaired) electrons. The zero-order valence-corrected chi connectivity index (χ0v) is 18.7. The minimum atomic E-state index is -0.734. The molecule has 1 unspecified atom stereocenters. The summed E-state index contributed by atoms with van der Waals surface area (Å²) < 4.78 is 16.5. The van der Waals surface area contributed by atoms with E-state index in [4.69, 9.17) is 14.0 Å². The standard InChI is InChI=1S/C24H32N2O5/c1-4-29-23(28)24(14-16-30-20-9-6-5-7-10-20)13-8-15-26(17-24)22(27)12-11-21-18(2)25-31-19(21)3/h5-7,9-10H,4,8,11-17H2,1-3H3. The van der Waals surface area contributed by atoms with Crippen molar-refractivity contribution in [1.82, 2.24) is 10.1 Å². The average molecular weight is 429 g/mol. The van der Waals surface area contributed by atoms with Crippen molar-refractivity contribution in [2.45, 2.75) is 52.9 Å². The van der Waals surface area contributed by atoms with Crippen LogP contribution in [0.5, 0.6) is 5.75 Å². The minimum Gasteiger partial charge on any atom is -0.494 e. The maximum atomic E-state index is 13.0. The molecule has 0 spiro atoms. The Morgan fingerprint density at radius 3 is 2.68 bits per heavy atom. The first-order valence-corrected chi connectivity index (χ1v) is 11.0. The Labute approximate surface area is 183 Å². The number of piperidine rings is 1. The summed E-state index contributed by atoms with van der Waals surface area (Å²) in [5.74, 6) is 1.32. The molecule has 3 rings (SSSR count). The van der Waals surface area contributed by atoms with Crippen LogP contribution in [-0.2, 0) is 20.7 Å². The number of likely N-dealkylation sites (tertiary alicyclic amines) is 1. The Morgan fingerprint density at radius 2 is 2.00 bits per heavy atom. The largest absolute Gasteiger partial charge is 0.494 e. The molecule has 0 N–H and O–H groups in total. The van der Waals surface area contributed by atoms with Crippen LogP contribution in [0.1, 0.15) is 49.6 Å². The SMILES string of the molecule is CCOC(=O)C1(CCOc2ccccc2)CCCN(C(=O)CCc2c(C)noc2C)C1. The summed E-state index contributed by atoms with van der Waals surface area (Å²) in [6.45, 7) is 7.28. The first-order valence-electron chi connectivity index (χ1n) is 11.0. The van der Waals surface area contributed by atoms with E-state index in [-0.39, 0.29) is 11.9 Å². The number of amides is 1. The van der Waals surface area contributed by atoms with Gasteiger partial charge in [-0.15, -0.1) is 0 Å². The van der Waals surface area contributed by atoms with Crippen molar-refractivity contribution >= 4 is 11.9 Å². The maximum Gasteiger partial charge on any atom is 0.314 e. The Morgan fingerprint density at radius 1 is 1.23 bits per heavy atom. The highest BCUT2D eigenvalue weighted by molar-refractivity contribution is 5.81. The molecular weight excluding hydrogens is 396 g/mol. The van der Waals surface area contributed by atoms with Crippen molar-refractivity contribution in [3.8, 4) is 5.75 Å². The Balaban J connectivity index is 1.64. The summed E-state index contributed by atoms with van der Waals surface area (Å²) in [5, 5.41) is 3.96. The summed E-state index contributed by atoms with van der Waals surface area (Å²) in [6, 6.07) is 9.54. The second-order valence-electron chi connectivity index (χ2n) is 8.13. The summed E-state index contributed by atoms with van der Waals surface area (Å²) in [5.41, 5.74) is 1.07. The van der Waals surface area contributed by atoms with E-state index in [1.54, 1.807) is 11.8 Å². The van der Waals surface area contributed by atoms with Gasteiger partial charge in [-0.3, -0.25) is 9.59 Å². The minimum absolute atomic E-state index is 0.0392. The van der Waals surface area contributed by atoms with E-state index in [2.05, 4.69) is 5.16 Å². The van der Waals surface area contributed by atoms with E-state index in [0.717, 1.165) is 29.2 Å². The number of esters is 1. The predicted octanol–water partition coefficient (Wildman–Crippen LogP) is 3.87. The van der Waals surface area contributed by atoms with Crippen molar-refractivity contribution in [2.75, 3.05) is 26.3 Å². The monoisotopic (exact) mass is 428 g/mol. The van der Waals surface area contributed by atoms with Gasteiger partial charge >= 0.3 is 5.97 Å². The molecule has 0 bridgehead atoms. The number of carbonyl (C=O) groups is 2. The molecule has 168 valence electrons. The van der Waals surface area contributed by atoms with Crippen LogP contribution in [-0.4, -0.2) is 48.2 Å². The second kappa shape index (κ2) is 10.5. The highest BCUT2D eigenvalue weighted by atomic mass is 16.5. The highest BCUT2D eigenvalue weighted by Gasteiger charge is 2.44. The summed E-state index contributed by atoms with van der Waals surface area (Å²) in [6.07, 6.45) is 2.91. The van der Waals surface area contributed by atoms with Crippen molar-refractivity contribution < 1.29 is 23.6 Å². The fourth-order valence-corrected chi connectivity index (χ4v) is 4.23. The van der Waals surface area contributed by atoms with E-state index in [1.165, 1.54) is 0 Å². The van der Waals surface area contributed by atoms with Crippen LogP contribution < -0.4 is 4.74 Å². The lowest BCUT2D eigenvalue weighted by Crippen LogP contribution is -2.51. The summed E-state index contributed by atoms with van der Waals surface area (Å²) in [4.78, 5) is 27.7. The van der Waals surface area contributed by atoms with Crippen molar-refractivity contribution in [3.63, 3.8) is 0 Å². The van der Waals surface area contributed by atoms with Gasteiger partial charge in [0.2, 0.25) is 5.91 Å². The van der Waals surface area contributed by atoms with Crippen LogP contribution in [0.2, 0.25) is 0 Å². The number of hydrogen-bond acceptors (Lipinski definition) is 6. The lowest BCUT2D eigenvalue weighted by atomic mass is 9.77. The van der Waals surface area contributed by atoms with Crippen molar-refractivity contribution in [2.24, 2.45) is 5.41 Å². The number of rotatable bonds is 9. The number of aryl methyl sites for hydroxylation is 2. The molecule has 7 heteroatoms. The van der Waals surface area contributed by atoms with Crippen LogP contribution in [0, 0.1) is 19.3 Å². The Hall–Kier alpha value is -2.83. The Kier molecular flexibility index (Phi) is 7.71. The fraction of sp³-hybridized carbons (Fsp3) is 0.542. The molecule has 1 atom stereocenters. The molecule has 1 fully saturated rings. The van der Waals surface area contributed by atoms with Gasteiger partial charge in [-0.25, -0.2) is 0 Å². The van der Waals surface area contributed by atoms with Gasteiger partial charge in [-0.1, -0.05) is 23.4 Å². The molecule has 31 heavy (non-hydrogen) atoms. The van der Waals surface area contributed by atoms with Gasteiger partial charge in [0.15, 0.2) is 0 Å². The van der Waals surface area contributed by atoms with Crippen LogP contribution in [0.4, 0.5) is 0 Å². The molecule has 2 heterocycles. The third kappa shape index (κ3) is 5.66. The molecule has 1 aliphatic rings. The smallest absolute Gasteiger partial charge is 0.314 e. The zero-order valence-electron chi connectivity index (χ0n) is 18.7. The normalized spacial score (nSPS) is 18.6. The Bertz CT molecular complexity index is 860. The van der Waals surface area contributed by atoms with Crippen LogP contribution >= 0.6 is 0 Å². The molecule has 1 aromatic carbocycles. The van der Waals surface area contributed by atoms with Crippen LogP contribution in [0.3, 0.4) is 0 Å². The summed E-state index contributed by atoms with van der Waals surface area (Å²) >= 11 is 0. The molecule has 1 saturated heterocycles. The quantitative estimate of drug-likeness (QED) is 0.564. The van der Waals surface area contributed by atoms with Crippen molar-refractivity contribution in [1.29, 1.82) is 0 Å². The van der Waals surface area contributed by atoms with Gasteiger partial charge in [0.1, 0.15) is 11.5 Å². The van der Waals surface area contributed by atoms with Gasteiger partial charge in [0.05, 0.1) is 24.3 Å². The second-order valence-corrected chi connectivity index (χ2v) is 8.13. The lowest BCUT2D eigenvalue weighted by Gasteiger charge is -2.41. The first-order chi connectivity index (χ1) is 14.9. The van der Waals surface area contributed by atoms with Gasteiger partial charge < -0.3 is 18.9 Å². The zero-order chi connectivity index (χ0) is 22.3. The van der Waals surface area contributed by atoms with Gasteiger partial charge in [0.25, 0.3) is 0 Å². The molecule has 1 amide bonds. The third-order valence-corrected chi connectivity index (χ3v) is 6.00. The fourth-order valence-electron chi connectivity index (χ4n) is 4.23. The van der Waals surface area contributed by atoms with Crippen LogP contribution in [0.25, 0.3) is 0 Å². The molecule has 7 nitrogen and oxygen atoms in total. The van der Waals surface area contributed by atoms with Gasteiger partial charge in [0, 0.05) is 25.1 Å². The van der Waals surface area contributed by atoms with E-state index in [9.17, 15) is 9.59 Å². The topological polar surface area (TPSA) is 81.9 Å². The number of para-hydroxylation sites is 1. The molecule has 1 aromatic heterocycles. The molecular formula is C24H32N2O5. The molecule has 1 aliphatic heterocycles.